The lowest BCUT2D eigenvalue weighted by Crippen LogP contribution is -2.59. The van der Waals surface area contributed by atoms with Crippen LogP contribution >= 0.6 is 0 Å². The largest absolute Gasteiger partial charge is 0.495 e. The van der Waals surface area contributed by atoms with Crippen LogP contribution in [0.3, 0.4) is 0 Å². The SMILES string of the molecule is CCc1ccc(Cc2cc([C@@H]3OC(COC(C)=O)[C@@H](OC(C)=O)[C@H](OC(C)=O)[C@H]3OC(C)=O)cc(OC)c2C#N)cc1. The Morgan fingerprint density at radius 2 is 1.40 bits per heavy atom. The van der Waals surface area contributed by atoms with Gasteiger partial charge < -0.3 is 28.4 Å². The normalized spacial score (nSPS) is 21.4. The maximum Gasteiger partial charge on any atom is 0.303 e. The average Bonchev–Trinajstić information content (AvgIpc) is 2.93. The standard InChI is InChI=1S/C31H35NO10/c1-7-21-8-10-22(11-9-21)12-23-13-24(14-26(37-6)25(23)15-32)28-30(40-19(4)35)31(41-20(5)36)29(39-18(3)34)27(42-28)16-38-17(2)33/h8-11,13-14,27-31H,7,12,16H2,1-6H3/t27?,28-,29+,30-,31-/m0/s1. The second kappa shape index (κ2) is 14.5. The van der Waals surface area contributed by atoms with Crippen LogP contribution in [0, 0.1) is 11.3 Å². The van der Waals surface area contributed by atoms with Crippen LogP contribution in [0.25, 0.3) is 0 Å². The van der Waals surface area contributed by atoms with E-state index in [9.17, 15) is 24.4 Å². The molecule has 0 bridgehead atoms. The molecular weight excluding hydrogens is 546 g/mol. The molecule has 1 fully saturated rings. The molecule has 0 amide bonds. The topological polar surface area (TPSA) is 147 Å². The Labute approximate surface area is 244 Å². The van der Waals surface area contributed by atoms with Gasteiger partial charge in [0.05, 0.1) is 12.7 Å². The number of benzene rings is 2. The van der Waals surface area contributed by atoms with E-state index in [1.54, 1.807) is 12.1 Å². The number of carbonyl (C=O) groups excluding carboxylic acids is 4. The summed E-state index contributed by atoms with van der Waals surface area (Å²) in [5, 5.41) is 10.0. The second-order valence-electron chi connectivity index (χ2n) is 9.84. The van der Waals surface area contributed by atoms with Gasteiger partial charge in [0.1, 0.15) is 30.6 Å². The van der Waals surface area contributed by atoms with Crippen molar-refractivity contribution >= 4 is 23.9 Å². The third kappa shape index (κ3) is 8.07. The van der Waals surface area contributed by atoms with Crippen molar-refractivity contribution in [2.24, 2.45) is 0 Å². The van der Waals surface area contributed by atoms with E-state index in [1.165, 1.54) is 26.5 Å². The summed E-state index contributed by atoms with van der Waals surface area (Å²) < 4.78 is 33.7. The zero-order valence-electron chi connectivity index (χ0n) is 24.5. The third-order valence-electron chi connectivity index (χ3n) is 6.68. The summed E-state index contributed by atoms with van der Waals surface area (Å²) >= 11 is 0. The van der Waals surface area contributed by atoms with E-state index in [0.29, 0.717) is 23.1 Å². The fourth-order valence-corrected chi connectivity index (χ4v) is 4.90. The summed E-state index contributed by atoms with van der Waals surface area (Å²) in [6, 6.07) is 13.5. The number of carbonyl (C=O) groups is 4. The smallest absolute Gasteiger partial charge is 0.303 e. The molecule has 0 spiro atoms. The van der Waals surface area contributed by atoms with E-state index in [2.05, 4.69) is 13.0 Å². The van der Waals surface area contributed by atoms with Gasteiger partial charge in [-0.1, -0.05) is 37.3 Å². The van der Waals surface area contributed by atoms with Crippen molar-refractivity contribution in [3.8, 4) is 11.8 Å². The van der Waals surface area contributed by atoms with Gasteiger partial charge in [0, 0.05) is 27.7 Å². The van der Waals surface area contributed by atoms with E-state index in [0.717, 1.165) is 25.8 Å². The van der Waals surface area contributed by atoms with E-state index < -0.39 is 54.4 Å². The molecule has 0 radical (unpaired) electrons. The second-order valence-corrected chi connectivity index (χ2v) is 9.84. The summed E-state index contributed by atoms with van der Waals surface area (Å²) in [4.78, 5) is 48.2. The highest BCUT2D eigenvalue weighted by Crippen LogP contribution is 2.40. The first-order valence-corrected chi connectivity index (χ1v) is 13.5. The Balaban J connectivity index is 2.18. The Morgan fingerprint density at radius 3 is 1.93 bits per heavy atom. The monoisotopic (exact) mass is 581 g/mol. The fraction of sp³-hybridized carbons (Fsp3) is 0.452. The van der Waals surface area contributed by atoms with Crippen LogP contribution in [0.2, 0.25) is 0 Å². The van der Waals surface area contributed by atoms with Crippen molar-refractivity contribution in [3.05, 3.63) is 64.2 Å². The molecule has 1 unspecified atom stereocenters. The summed E-state index contributed by atoms with van der Waals surface area (Å²) in [5.41, 5.74) is 3.48. The number of methoxy groups -OCH3 is 1. The molecule has 42 heavy (non-hydrogen) atoms. The van der Waals surface area contributed by atoms with Crippen LogP contribution in [0.5, 0.6) is 5.75 Å². The van der Waals surface area contributed by atoms with Gasteiger partial charge in [-0.15, -0.1) is 0 Å². The summed E-state index contributed by atoms with van der Waals surface area (Å²) in [5.74, 6) is -2.51. The summed E-state index contributed by atoms with van der Waals surface area (Å²) in [6.07, 6.45) is -4.82. The number of hydrogen-bond donors (Lipinski definition) is 0. The lowest BCUT2D eigenvalue weighted by Gasteiger charge is -2.44. The van der Waals surface area contributed by atoms with Crippen LogP contribution in [0.4, 0.5) is 0 Å². The Morgan fingerprint density at radius 1 is 0.833 bits per heavy atom. The molecule has 1 aliphatic heterocycles. The van der Waals surface area contributed by atoms with Gasteiger partial charge in [0.2, 0.25) is 0 Å². The highest BCUT2D eigenvalue weighted by atomic mass is 16.7. The zero-order valence-corrected chi connectivity index (χ0v) is 24.5. The first-order valence-electron chi connectivity index (χ1n) is 13.5. The van der Waals surface area contributed by atoms with Gasteiger partial charge >= 0.3 is 23.9 Å². The average molecular weight is 582 g/mol. The molecule has 11 heteroatoms. The molecule has 3 rings (SSSR count). The molecular formula is C31H35NO10. The van der Waals surface area contributed by atoms with Gasteiger partial charge in [0.15, 0.2) is 18.3 Å². The number of rotatable bonds is 10. The van der Waals surface area contributed by atoms with Gasteiger partial charge in [-0.25, -0.2) is 0 Å². The first kappa shape index (κ1) is 32.1. The molecule has 2 aromatic carbocycles. The highest BCUT2D eigenvalue weighted by molar-refractivity contribution is 5.69. The van der Waals surface area contributed by atoms with Gasteiger partial charge in [-0.3, -0.25) is 19.2 Å². The first-order chi connectivity index (χ1) is 20.0. The van der Waals surface area contributed by atoms with Crippen LogP contribution in [0.1, 0.15) is 68.5 Å². The minimum Gasteiger partial charge on any atom is -0.495 e. The number of aryl methyl sites for hydroxylation is 1. The summed E-state index contributed by atoms with van der Waals surface area (Å²) in [6.45, 7) is 6.41. The molecule has 1 aliphatic rings. The minimum atomic E-state index is -1.32. The van der Waals surface area contributed by atoms with E-state index in [4.69, 9.17) is 28.4 Å². The predicted molar refractivity (Wildman–Crippen MR) is 147 cm³/mol. The molecule has 2 aromatic rings. The summed E-state index contributed by atoms with van der Waals surface area (Å²) in [7, 11) is 1.42. The predicted octanol–water partition coefficient (Wildman–Crippen LogP) is 3.52. The lowest BCUT2D eigenvalue weighted by molar-refractivity contribution is -0.254. The van der Waals surface area contributed by atoms with E-state index in [1.807, 2.05) is 24.3 Å². The molecule has 224 valence electrons. The lowest BCUT2D eigenvalue weighted by atomic mass is 9.88. The molecule has 0 aromatic heterocycles. The van der Waals surface area contributed by atoms with Gasteiger partial charge in [-0.2, -0.15) is 5.26 Å². The maximum atomic E-state index is 12.3. The van der Waals surface area contributed by atoms with Crippen LogP contribution in [-0.4, -0.2) is 62.0 Å². The number of ether oxygens (including phenoxy) is 6. The van der Waals surface area contributed by atoms with Crippen molar-refractivity contribution in [1.29, 1.82) is 5.26 Å². The number of hydrogen-bond acceptors (Lipinski definition) is 11. The minimum absolute atomic E-state index is 0.253. The van der Waals surface area contributed by atoms with Gasteiger partial charge in [-0.05, 0) is 41.2 Å². The molecule has 0 aliphatic carbocycles. The quantitative estimate of drug-likeness (QED) is 0.300. The molecule has 1 heterocycles. The van der Waals surface area contributed by atoms with Crippen molar-refractivity contribution in [2.45, 2.75) is 78.0 Å². The number of esters is 4. The molecule has 0 N–H and O–H groups in total. The Hall–Kier alpha value is -4.43. The number of nitrogens with zero attached hydrogens (tertiary/aromatic N) is 1. The number of nitriles is 1. The fourth-order valence-electron chi connectivity index (χ4n) is 4.90. The van der Waals surface area contributed by atoms with Crippen molar-refractivity contribution in [3.63, 3.8) is 0 Å². The van der Waals surface area contributed by atoms with Crippen LogP contribution < -0.4 is 4.74 Å². The molecule has 0 saturated carbocycles. The van der Waals surface area contributed by atoms with E-state index >= 15 is 0 Å². The maximum absolute atomic E-state index is 12.3. The van der Waals surface area contributed by atoms with Crippen molar-refractivity contribution in [1.82, 2.24) is 0 Å². The van der Waals surface area contributed by atoms with Crippen LogP contribution in [-0.2, 0) is 55.7 Å². The highest BCUT2D eigenvalue weighted by Gasteiger charge is 2.52. The van der Waals surface area contributed by atoms with Crippen molar-refractivity contribution < 1.29 is 47.6 Å². The molecule has 11 nitrogen and oxygen atoms in total. The Bertz CT molecular complexity index is 1350. The van der Waals surface area contributed by atoms with Crippen molar-refractivity contribution in [2.75, 3.05) is 13.7 Å². The zero-order chi connectivity index (χ0) is 31.0. The Kier molecular flexibility index (Phi) is 11.0. The van der Waals surface area contributed by atoms with Gasteiger partial charge in [0.25, 0.3) is 0 Å². The van der Waals surface area contributed by atoms with E-state index in [-0.39, 0.29) is 12.4 Å². The third-order valence-corrected chi connectivity index (χ3v) is 6.68. The molecule has 5 atom stereocenters. The molecule has 1 saturated heterocycles. The van der Waals surface area contributed by atoms with Crippen LogP contribution in [0.15, 0.2) is 36.4 Å².